The molecule has 2 unspecified atom stereocenters. The number of piperidine rings is 1. The van der Waals surface area contributed by atoms with E-state index in [1.54, 1.807) is 0 Å². The molecule has 1 saturated heterocycles. The van der Waals surface area contributed by atoms with Crippen LogP contribution >= 0.6 is 11.6 Å². The maximum atomic E-state index is 12.3. The molecule has 0 saturated carbocycles. The van der Waals surface area contributed by atoms with Gasteiger partial charge < -0.3 is 0 Å². The maximum Gasteiger partial charge on any atom is 0.302 e. The van der Waals surface area contributed by atoms with E-state index in [4.69, 9.17) is 11.6 Å². The highest BCUT2D eigenvalue weighted by atomic mass is 35.5. The van der Waals surface area contributed by atoms with Crippen LogP contribution in [-0.4, -0.2) is 35.8 Å². The minimum absolute atomic E-state index is 0.0455. The Bertz CT molecular complexity index is 541. The molecule has 0 bridgehead atoms. The minimum atomic E-state index is -3.63. The summed E-state index contributed by atoms with van der Waals surface area (Å²) in [5, 5.41) is 0.0455. The van der Waals surface area contributed by atoms with Gasteiger partial charge in [-0.3, -0.25) is 4.72 Å². The van der Waals surface area contributed by atoms with Crippen molar-refractivity contribution in [1.82, 2.24) is 14.3 Å². The molecule has 0 spiro atoms. The molecule has 2 heterocycles. The van der Waals surface area contributed by atoms with Gasteiger partial charge in [-0.2, -0.15) is 12.7 Å². The molecule has 1 aliphatic heterocycles. The number of rotatable bonds is 3. The molecule has 2 atom stereocenters. The van der Waals surface area contributed by atoms with E-state index >= 15 is 0 Å². The van der Waals surface area contributed by atoms with Crippen molar-refractivity contribution in [2.24, 2.45) is 11.8 Å². The number of aromatic nitrogens is 2. The molecule has 0 aliphatic carbocycles. The van der Waals surface area contributed by atoms with Gasteiger partial charge in [0.15, 0.2) is 11.0 Å². The van der Waals surface area contributed by atoms with E-state index in [1.807, 2.05) is 13.8 Å². The molecule has 1 aromatic heterocycles. The molecule has 0 amide bonds. The second kappa shape index (κ2) is 5.60. The Morgan fingerprint density at radius 1 is 1.26 bits per heavy atom. The Labute approximate surface area is 118 Å². The minimum Gasteiger partial charge on any atom is -0.252 e. The lowest BCUT2D eigenvalue weighted by Gasteiger charge is -2.33. The van der Waals surface area contributed by atoms with Crippen LogP contribution in [0.1, 0.15) is 20.3 Å². The Morgan fingerprint density at radius 3 is 2.42 bits per heavy atom. The summed E-state index contributed by atoms with van der Waals surface area (Å²) in [4.78, 5) is 7.68. The molecular weight excluding hydrogens is 288 g/mol. The molecule has 8 heteroatoms. The molecule has 0 aromatic carbocycles. The molecule has 1 aromatic rings. The van der Waals surface area contributed by atoms with Crippen LogP contribution in [0.25, 0.3) is 0 Å². The van der Waals surface area contributed by atoms with E-state index in [9.17, 15) is 8.42 Å². The third-order valence-corrected chi connectivity index (χ3v) is 4.76. The number of nitrogens with zero attached hydrogens (tertiary/aromatic N) is 3. The Hall–Kier alpha value is -0.920. The lowest BCUT2D eigenvalue weighted by molar-refractivity contribution is 0.223. The number of nitrogens with one attached hydrogen (secondary N) is 1. The average molecular weight is 305 g/mol. The predicted octanol–water partition coefficient (Wildman–Crippen LogP) is 1.76. The van der Waals surface area contributed by atoms with Crippen LogP contribution in [0.3, 0.4) is 0 Å². The van der Waals surface area contributed by atoms with Crippen molar-refractivity contribution in [2.75, 3.05) is 17.8 Å². The van der Waals surface area contributed by atoms with Crippen LogP contribution in [0.4, 0.5) is 5.82 Å². The van der Waals surface area contributed by atoms with Crippen LogP contribution < -0.4 is 4.72 Å². The molecule has 106 valence electrons. The molecular formula is C11H17ClN4O2S. The summed E-state index contributed by atoms with van der Waals surface area (Å²) >= 11 is 5.81. The summed E-state index contributed by atoms with van der Waals surface area (Å²) < 4.78 is 28.4. The highest BCUT2D eigenvalue weighted by Crippen LogP contribution is 2.24. The molecule has 0 radical (unpaired) electrons. The highest BCUT2D eigenvalue weighted by molar-refractivity contribution is 7.90. The molecule has 6 nitrogen and oxygen atoms in total. The molecule has 2 rings (SSSR count). The van der Waals surface area contributed by atoms with Gasteiger partial charge in [-0.25, -0.2) is 9.97 Å². The first-order chi connectivity index (χ1) is 8.88. The second-order valence-electron chi connectivity index (χ2n) is 5.07. The smallest absolute Gasteiger partial charge is 0.252 e. The maximum absolute atomic E-state index is 12.3. The summed E-state index contributed by atoms with van der Waals surface area (Å²) in [6.45, 7) is 5.12. The average Bonchev–Trinajstić information content (AvgIpc) is 2.31. The fraction of sp³-hybridized carbons (Fsp3) is 0.636. The highest BCUT2D eigenvalue weighted by Gasteiger charge is 2.31. The zero-order valence-corrected chi connectivity index (χ0v) is 12.4. The first kappa shape index (κ1) is 14.5. The SMILES string of the molecule is CC1CC(C)CN(S(=O)(=O)Nc2nccnc2Cl)C1. The van der Waals surface area contributed by atoms with Crippen LogP contribution in [0.5, 0.6) is 0 Å². The number of anilines is 1. The molecule has 1 fully saturated rings. The van der Waals surface area contributed by atoms with Crippen molar-refractivity contribution in [1.29, 1.82) is 0 Å². The van der Waals surface area contributed by atoms with Crippen molar-refractivity contribution in [3.8, 4) is 0 Å². The standard InChI is InChI=1S/C11H17ClN4O2S/c1-8-5-9(2)7-16(6-8)19(17,18)15-11-10(12)13-3-4-14-11/h3-4,8-9H,5-7H2,1-2H3,(H,14,15). The van der Waals surface area contributed by atoms with Crippen molar-refractivity contribution >= 4 is 27.6 Å². The van der Waals surface area contributed by atoms with Crippen molar-refractivity contribution in [2.45, 2.75) is 20.3 Å². The normalized spacial score (nSPS) is 25.2. The van der Waals surface area contributed by atoms with Gasteiger partial charge in [0.1, 0.15) is 0 Å². The molecule has 19 heavy (non-hydrogen) atoms. The summed E-state index contributed by atoms with van der Waals surface area (Å²) in [5.74, 6) is 0.755. The number of halogens is 1. The van der Waals surface area contributed by atoms with Crippen LogP contribution in [0.15, 0.2) is 12.4 Å². The Balaban J connectivity index is 2.16. The molecule has 1 N–H and O–H groups in total. The summed E-state index contributed by atoms with van der Waals surface area (Å²) in [7, 11) is -3.63. The zero-order valence-electron chi connectivity index (χ0n) is 10.9. The van der Waals surface area contributed by atoms with Crippen molar-refractivity contribution < 1.29 is 8.42 Å². The Kier molecular flexibility index (Phi) is 4.27. The number of hydrogen-bond donors (Lipinski definition) is 1. The van der Waals surface area contributed by atoms with Crippen molar-refractivity contribution in [3.63, 3.8) is 0 Å². The van der Waals surface area contributed by atoms with Gasteiger partial charge in [0.2, 0.25) is 0 Å². The summed E-state index contributed by atoms with van der Waals surface area (Å²) in [6, 6.07) is 0. The van der Waals surface area contributed by atoms with E-state index in [2.05, 4.69) is 14.7 Å². The van der Waals surface area contributed by atoms with Gasteiger partial charge >= 0.3 is 10.2 Å². The first-order valence-electron chi connectivity index (χ1n) is 6.13. The lowest BCUT2D eigenvalue weighted by atomic mass is 9.94. The van der Waals surface area contributed by atoms with E-state index in [-0.39, 0.29) is 11.0 Å². The fourth-order valence-electron chi connectivity index (χ4n) is 2.38. The van der Waals surface area contributed by atoms with Crippen molar-refractivity contribution in [3.05, 3.63) is 17.5 Å². The second-order valence-corrected chi connectivity index (χ2v) is 7.09. The van der Waals surface area contributed by atoms with E-state index < -0.39 is 10.2 Å². The Morgan fingerprint density at radius 2 is 1.84 bits per heavy atom. The van der Waals surface area contributed by atoms with Gasteiger partial charge in [0.05, 0.1) is 0 Å². The van der Waals surface area contributed by atoms with Gasteiger partial charge in [0, 0.05) is 25.5 Å². The quantitative estimate of drug-likeness (QED) is 0.923. The van der Waals surface area contributed by atoms with Gasteiger partial charge in [-0.05, 0) is 18.3 Å². The van der Waals surface area contributed by atoms with Gasteiger partial charge in [-0.15, -0.1) is 0 Å². The third kappa shape index (κ3) is 3.55. The predicted molar refractivity (Wildman–Crippen MR) is 74.1 cm³/mol. The molecule has 1 aliphatic rings. The summed E-state index contributed by atoms with van der Waals surface area (Å²) in [5.41, 5.74) is 0. The van der Waals surface area contributed by atoms with E-state index in [1.165, 1.54) is 16.7 Å². The number of hydrogen-bond acceptors (Lipinski definition) is 4. The van der Waals surface area contributed by atoms with E-state index in [0.29, 0.717) is 24.9 Å². The first-order valence-corrected chi connectivity index (χ1v) is 7.94. The van der Waals surface area contributed by atoms with Gasteiger partial charge in [-0.1, -0.05) is 25.4 Å². The summed E-state index contributed by atoms with van der Waals surface area (Å²) in [6.07, 6.45) is 3.84. The fourth-order valence-corrected chi connectivity index (χ4v) is 4.01. The van der Waals surface area contributed by atoms with Crippen LogP contribution in [0, 0.1) is 11.8 Å². The van der Waals surface area contributed by atoms with Gasteiger partial charge in [0.25, 0.3) is 0 Å². The lowest BCUT2D eigenvalue weighted by Crippen LogP contribution is -2.45. The monoisotopic (exact) mass is 304 g/mol. The van der Waals surface area contributed by atoms with Crippen LogP contribution in [-0.2, 0) is 10.2 Å². The zero-order chi connectivity index (χ0) is 14.0. The third-order valence-electron chi connectivity index (χ3n) is 3.05. The topological polar surface area (TPSA) is 75.2 Å². The van der Waals surface area contributed by atoms with Crippen LogP contribution in [0.2, 0.25) is 5.15 Å². The largest absolute Gasteiger partial charge is 0.302 e. The van der Waals surface area contributed by atoms with E-state index in [0.717, 1.165) is 6.42 Å².